The first kappa shape index (κ1) is 13.8. The maximum absolute atomic E-state index is 13.2. The second kappa shape index (κ2) is 5.55. The van der Waals surface area contributed by atoms with Crippen molar-refractivity contribution in [1.82, 2.24) is 0 Å². The van der Waals surface area contributed by atoms with E-state index < -0.39 is 0 Å². The van der Waals surface area contributed by atoms with Crippen molar-refractivity contribution in [2.24, 2.45) is 5.73 Å². The molecule has 0 bridgehead atoms. The quantitative estimate of drug-likeness (QED) is 0.835. The molecular formula is C14H12ClFN2S. The van der Waals surface area contributed by atoms with E-state index in [1.54, 1.807) is 6.07 Å². The average molecular weight is 295 g/mol. The van der Waals surface area contributed by atoms with Crippen LogP contribution < -0.4 is 11.1 Å². The molecule has 2 rings (SSSR count). The second-order valence-electron chi connectivity index (χ2n) is 4.16. The predicted octanol–water partition coefficient (Wildman–Crippen LogP) is 4.17. The molecule has 0 aromatic heterocycles. The maximum Gasteiger partial charge on any atom is 0.124 e. The molecule has 98 valence electrons. The molecule has 0 saturated carbocycles. The summed E-state index contributed by atoms with van der Waals surface area (Å²) in [5.74, 6) is -0.386. The number of hydrogen-bond acceptors (Lipinski definition) is 2. The summed E-state index contributed by atoms with van der Waals surface area (Å²) in [4.78, 5) is 0.130. The topological polar surface area (TPSA) is 38.0 Å². The number of aryl methyl sites for hydroxylation is 1. The Bertz CT molecular complexity index is 643. The summed E-state index contributed by atoms with van der Waals surface area (Å²) in [6.07, 6.45) is 0. The van der Waals surface area contributed by atoms with Crippen molar-refractivity contribution in [2.75, 3.05) is 5.32 Å². The normalized spacial score (nSPS) is 10.3. The van der Waals surface area contributed by atoms with E-state index in [-0.39, 0.29) is 10.8 Å². The van der Waals surface area contributed by atoms with Crippen molar-refractivity contribution in [3.63, 3.8) is 0 Å². The number of rotatable bonds is 3. The van der Waals surface area contributed by atoms with Gasteiger partial charge in [-0.1, -0.05) is 29.9 Å². The minimum absolute atomic E-state index is 0.130. The fourth-order valence-electron chi connectivity index (χ4n) is 1.70. The number of hydrogen-bond donors (Lipinski definition) is 2. The average Bonchev–Trinajstić information content (AvgIpc) is 2.34. The Kier molecular flexibility index (Phi) is 4.02. The summed E-state index contributed by atoms with van der Waals surface area (Å²) >= 11 is 11.1. The predicted molar refractivity (Wildman–Crippen MR) is 81.8 cm³/mol. The van der Waals surface area contributed by atoms with E-state index in [1.807, 2.05) is 25.1 Å². The number of nitrogens with one attached hydrogen (secondary N) is 1. The minimum atomic E-state index is -0.386. The van der Waals surface area contributed by atoms with Crippen LogP contribution in [0.15, 0.2) is 36.4 Å². The van der Waals surface area contributed by atoms with Crippen LogP contribution in [-0.4, -0.2) is 4.99 Å². The van der Waals surface area contributed by atoms with Gasteiger partial charge in [0.1, 0.15) is 10.8 Å². The highest BCUT2D eigenvalue weighted by molar-refractivity contribution is 7.80. The van der Waals surface area contributed by atoms with E-state index in [9.17, 15) is 4.39 Å². The van der Waals surface area contributed by atoms with Gasteiger partial charge in [-0.25, -0.2) is 4.39 Å². The molecule has 0 aliphatic heterocycles. The van der Waals surface area contributed by atoms with Crippen LogP contribution in [0.5, 0.6) is 0 Å². The highest BCUT2D eigenvalue weighted by Crippen LogP contribution is 2.28. The van der Waals surface area contributed by atoms with Gasteiger partial charge in [0.15, 0.2) is 0 Å². The van der Waals surface area contributed by atoms with Gasteiger partial charge in [0, 0.05) is 11.3 Å². The first-order valence-electron chi connectivity index (χ1n) is 5.60. The summed E-state index contributed by atoms with van der Waals surface area (Å²) in [5, 5.41) is 3.69. The third kappa shape index (κ3) is 3.22. The van der Waals surface area contributed by atoms with Gasteiger partial charge in [-0.05, 0) is 42.8 Å². The summed E-state index contributed by atoms with van der Waals surface area (Å²) in [5.41, 5.74) is 8.44. The summed E-state index contributed by atoms with van der Waals surface area (Å²) < 4.78 is 13.2. The Morgan fingerprint density at radius 3 is 2.53 bits per heavy atom. The van der Waals surface area contributed by atoms with Gasteiger partial charge >= 0.3 is 0 Å². The molecule has 19 heavy (non-hydrogen) atoms. The SMILES string of the molecule is Cc1ccc(Nc2ccc(F)cc2C(N)=S)c(Cl)c1. The van der Waals surface area contributed by atoms with Crippen molar-refractivity contribution >= 4 is 40.2 Å². The molecule has 0 atom stereocenters. The molecule has 2 nitrogen and oxygen atoms in total. The van der Waals surface area contributed by atoms with E-state index in [1.165, 1.54) is 12.1 Å². The van der Waals surface area contributed by atoms with E-state index in [2.05, 4.69) is 5.32 Å². The van der Waals surface area contributed by atoms with Gasteiger partial charge in [0.2, 0.25) is 0 Å². The number of benzene rings is 2. The summed E-state index contributed by atoms with van der Waals surface area (Å²) in [6, 6.07) is 9.84. The monoisotopic (exact) mass is 294 g/mol. The van der Waals surface area contributed by atoms with Crippen molar-refractivity contribution in [1.29, 1.82) is 0 Å². The zero-order valence-electron chi connectivity index (χ0n) is 10.2. The van der Waals surface area contributed by atoms with E-state index >= 15 is 0 Å². The molecule has 0 unspecified atom stereocenters. The van der Waals surface area contributed by atoms with Crippen LogP contribution >= 0.6 is 23.8 Å². The van der Waals surface area contributed by atoms with Crippen molar-refractivity contribution in [3.05, 3.63) is 58.4 Å². The van der Waals surface area contributed by atoms with Crippen molar-refractivity contribution < 1.29 is 4.39 Å². The third-order valence-electron chi connectivity index (χ3n) is 2.64. The minimum Gasteiger partial charge on any atom is -0.389 e. The van der Waals surface area contributed by atoms with Gasteiger partial charge in [-0.3, -0.25) is 0 Å². The largest absolute Gasteiger partial charge is 0.389 e. The molecule has 0 aliphatic carbocycles. The molecule has 0 fully saturated rings. The molecular weight excluding hydrogens is 283 g/mol. The zero-order valence-corrected chi connectivity index (χ0v) is 11.8. The first-order valence-corrected chi connectivity index (χ1v) is 6.38. The van der Waals surface area contributed by atoms with Gasteiger partial charge in [0.05, 0.1) is 10.7 Å². The fraction of sp³-hybridized carbons (Fsp3) is 0.0714. The van der Waals surface area contributed by atoms with Crippen LogP contribution in [0.3, 0.4) is 0 Å². The standard InChI is InChI=1S/C14H12ClFN2S/c1-8-2-4-13(11(15)6-8)18-12-5-3-9(16)7-10(12)14(17)19/h2-7,18H,1H3,(H2,17,19). The van der Waals surface area contributed by atoms with E-state index in [4.69, 9.17) is 29.6 Å². The molecule has 0 saturated heterocycles. The number of thiocarbonyl (C=S) groups is 1. The van der Waals surface area contributed by atoms with Gasteiger partial charge in [0.25, 0.3) is 0 Å². The number of halogens is 2. The third-order valence-corrected chi connectivity index (χ3v) is 3.17. The molecule has 2 aromatic carbocycles. The van der Waals surface area contributed by atoms with Crippen LogP contribution in [0.4, 0.5) is 15.8 Å². The highest BCUT2D eigenvalue weighted by Gasteiger charge is 2.09. The molecule has 0 amide bonds. The second-order valence-corrected chi connectivity index (χ2v) is 5.01. The van der Waals surface area contributed by atoms with Crippen LogP contribution in [-0.2, 0) is 0 Å². The molecule has 3 N–H and O–H groups in total. The number of anilines is 2. The Labute approximate surface area is 121 Å². The lowest BCUT2D eigenvalue weighted by Crippen LogP contribution is -2.12. The Morgan fingerprint density at radius 2 is 1.89 bits per heavy atom. The molecule has 5 heteroatoms. The van der Waals surface area contributed by atoms with Crippen LogP contribution in [0.1, 0.15) is 11.1 Å². The molecule has 2 aromatic rings. The van der Waals surface area contributed by atoms with Crippen molar-refractivity contribution in [3.8, 4) is 0 Å². The molecule has 0 aliphatic rings. The maximum atomic E-state index is 13.2. The Hall–Kier alpha value is -1.65. The lowest BCUT2D eigenvalue weighted by atomic mass is 10.1. The highest BCUT2D eigenvalue weighted by atomic mass is 35.5. The van der Waals surface area contributed by atoms with Crippen LogP contribution in [0, 0.1) is 12.7 Å². The van der Waals surface area contributed by atoms with Gasteiger partial charge < -0.3 is 11.1 Å². The lowest BCUT2D eigenvalue weighted by molar-refractivity contribution is 0.628. The Balaban J connectivity index is 2.40. The molecule has 0 heterocycles. The lowest BCUT2D eigenvalue weighted by Gasteiger charge is -2.13. The fourth-order valence-corrected chi connectivity index (χ4v) is 2.15. The van der Waals surface area contributed by atoms with Gasteiger partial charge in [-0.2, -0.15) is 0 Å². The van der Waals surface area contributed by atoms with Crippen molar-refractivity contribution in [2.45, 2.75) is 6.92 Å². The summed E-state index contributed by atoms with van der Waals surface area (Å²) in [7, 11) is 0. The van der Waals surface area contributed by atoms with Crippen LogP contribution in [0.2, 0.25) is 5.02 Å². The number of nitrogens with two attached hydrogens (primary N) is 1. The van der Waals surface area contributed by atoms with Gasteiger partial charge in [-0.15, -0.1) is 0 Å². The zero-order chi connectivity index (χ0) is 14.0. The van der Waals surface area contributed by atoms with E-state index in [0.717, 1.165) is 11.3 Å². The van der Waals surface area contributed by atoms with E-state index in [0.29, 0.717) is 16.3 Å². The summed E-state index contributed by atoms with van der Waals surface area (Å²) in [6.45, 7) is 1.95. The molecule has 0 spiro atoms. The van der Waals surface area contributed by atoms with Crippen LogP contribution in [0.25, 0.3) is 0 Å². The first-order chi connectivity index (χ1) is 8.97. The smallest absolute Gasteiger partial charge is 0.124 e. The molecule has 0 radical (unpaired) electrons. The Morgan fingerprint density at radius 1 is 1.21 bits per heavy atom.